The normalized spacial score (nSPS) is 21.6. The van der Waals surface area contributed by atoms with E-state index in [1.165, 1.54) is 10.9 Å². The van der Waals surface area contributed by atoms with Crippen LogP contribution in [0.5, 0.6) is 0 Å². The zero-order chi connectivity index (χ0) is 14.0. The van der Waals surface area contributed by atoms with E-state index in [1.54, 1.807) is 4.90 Å². The summed E-state index contributed by atoms with van der Waals surface area (Å²) in [7, 11) is 0. The highest BCUT2D eigenvalue weighted by atomic mass is 35.5. The molecule has 1 aromatic heterocycles. The van der Waals surface area contributed by atoms with Crippen LogP contribution in [0.15, 0.2) is 12.4 Å². The number of nitrogens with two attached hydrogens (primary N) is 1. The Morgan fingerprint density at radius 2 is 2.35 bits per heavy atom. The van der Waals surface area contributed by atoms with E-state index in [0.717, 1.165) is 12.6 Å². The van der Waals surface area contributed by atoms with Crippen LogP contribution in [0, 0.1) is 16.0 Å². The minimum atomic E-state index is -0.531. The third-order valence-corrected chi connectivity index (χ3v) is 3.44. The lowest BCUT2D eigenvalue weighted by atomic mass is 10.1. The van der Waals surface area contributed by atoms with Crippen molar-refractivity contribution in [2.24, 2.45) is 11.7 Å². The van der Waals surface area contributed by atoms with E-state index in [0.29, 0.717) is 19.0 Å². The first kappa shape index (κ1) is 16.4. The maximum absolute atomic E-state index is 12.1. The van der Waals surface area contributed by atoms with Gasteiger partial charge in [-0.05, 0) is 25.8 Å². The maximum Gasteiger partial charge on any atom is 0.307 e. The van der Waals surface area contributed by atoms with Crippen LogP contribution in [0.2, 0.25) is 0 Å². The van der Waals surface area contributed by atoms with Crippen LogP contribution < -0.4 is 5.73 Å². The fourth-order valence-electron chi connectivity index (χ4n) is 2.42. The van der Waals surface area contributed by atoms with Crippen molar-refractivity contribution in [1.29, 1.82) is 0 Å². The van der Waals surface area contributed by atoms with E-state index >= 15 is 0 Å². The van der Waals surface area contributed by atoms with Crippen molar-refractivity contribution in [3.63, 3.8) is 0 Å². The van der Waals surface area contributed by atoms with Crippen LogP contribution in [0.4, 0.5) is 5.69 Å². The summed E-state index contributed by atoms with van der Waals surface area (Å²) in [6.45, 7) is 3.23. The molecule has 1 fully saturated rings. The molecule has 0 radical (unpaired) electrons. The summed E-state index contributed by atoms with van der Waals surface area (Å²) in [5, 5.41) is 14.3. The summed E-state index contributed by atoms with van der Waals surface area (Å²) in [5.74, 6) is 0.257. The lowest BCUT2D eigenvalue weighted by Crippen LogP contribution is -2.36. The maximum atomic E-state index is 12.1. The Kier molecular flexibility index (Phi) is 5.46. The van der Waals surface area contributed by atoms with Gasteiger partial charge in [-0.2, -0.15) is 5.10 Å². The van der Waals surface area contributed by atoms with Crippen LogP contribution in [0.3, 0.4) is 0 Å². The molecule has 2 N–H and O–H groups in total. The Hall–Kier alpha value is -1.67. The highest BCUT2D eigenvalue weighted by Gasteiger charge is 2.31. The molecule has 1 amide bonds. The molecule has 2 atom stereocenters. The molecule has 0 aliphatic carbocycles. The summed E-state index contributed by atoms with van der Waals surface area (Å²) in [6, 6.07) is 0.159. The van der Waals surface area contributed by atoms with Crippen molar-refractivity contribution in [2.45, 2.75) is 25.9 Å². The Morgan fingerprint density at radius 3 is 2.85 bits per heavy atom. The highest BCUT2D eigenvalue weighted by Crippen LogP contribution is 2.22. The van der Waals surface area contributed by atoms with Crippen molar-refractivity contribution >= 4 is 24.0 Å². The van der Waals surface area contributed by atoms with E-state index in [1.807, 2.05) is 6.92 Å². The van der Waals surface area contributed by atoms with E-state index in [4.69, 9.17) is 5.73 Å². The summed E-state index contributed by atoms with van der Waals surface area (Å²) < 4.78 is 1.29. The second-order valence-electron chi connectivity index (χ2n) is 4.89. The molecule has 20 heavy (non-hydrogen) atoms. The Balaban J connectivity index is 0.00000200. The van der Waals surface area contributed by atoms with Gasteiger partial charge >= 0.3 is 5.69 Å². The molecular formula is C11H18ClN5O3. The highest BCUT2D eigenvalue weighted by molar-refractivity contribution is 5.85. The number of aromatic nitrogens is 2. The number of carbonyl (C=O) groups is 1. The van der Waals surface area contributed by atoms with Crippen LogP contribution in [-0.4, -0.2) is 44.6 Å². The van der Waals surface area contributed by atoms with Crippen LogP contribution in [0.25, 0.3) is 0 Å². The second kappa shape index (κ2) is 6.67. The van der Waals surface area contributed by atoms with Gasteiger partial charge in [0.15, 0.2) is 0 Å². The Labute approximate surface area is 122 Å². The lowest BCUT2D eigenvalue weighted by Gasteiger charge is -2.21. The van der Waals surface area contributed by atoms with Crippen molar-refractivity contribution in [3.8, 4) is 0 Å². The quantitative estimate of drug-likeness (QED) is 0.640. The van der Waals surface area contributed by atoms with Crippen LogP contribution in [0.1, 0.15) is 13.3 Å². The fraction of sp³-hybridized carbons (Fsp3) is 0.636. The standard InChI is InChI=1S/C11H17N5O3.ClH/c1-8-2-9(3-12)5-15(8)11(17)7-14-6-10(4-13-14)16(18)19;/h4,6,8-9H,2-3,5,7,12H2,1H3;1H. The number of hydrogen-bond donors (Lipinski definition) is 1. The van der Waals surface area contributed by atoms with Crippen LogP contribution >= 0.6 is 12.4 Å². The third-order valence-electron chi connectivity index (χ3n) is 3.44. The van der Waals surface area contributed by atoms with E-state index in [9.17, 15) is 14.9 Å². The number of likely N-dealkylation sites (tertiary alicyclic amines) is 1. The number of nitro groups is 1. The molecular weight excluding hydrogens is 286 g/mol. The molecule has 2 unspecified atom stereocenters. The van der Waals surface area contributed by atoms with Crippen molar-refractivity contribution in [3.05, 3.63) is 22.5 Å². The van der Waals surface area contributed by atoms with Gasteiger partial charge in [0.2, 0.25) is 5.91 Å². The van der Waals surface area contributed by atoms with E-state index in [2.05, 4.69) is 5.10 Å². The Bertz CT molecular complexity index is 492. The minimum absolute atomic E-state index is 0. The number of halogens is 1. The van der Waals surface area contributed by atoms with Gasteiger partial charge in [0.05, 0.1) is 4.92 Å². The Morgan fingerprint density at radius 1 is 1.65 bits per heavy atom. The fourth-order valence-corrected chi connectivity index (χ4v) is 2.42. The second-order valence-corrected chi connectivity index (χ2v) is 4.89. The number of carbonyl (C=O) groups excluding carboxylic acids is 1. The average Bonchev–Trinajstić information content (AvgIpc) is 2.95. The molecule has 0 spiro atoms. The summed E-state index contributed by atoms with van der Waals surface area (Å²) >= 11 is 0. The van der Waals surface area contributed by atoms with Crippen molar-refractivity contribution in [1.82, 2.24) is 14.7 Å². The lowest BCUT2D eigenvalue weighted by molar-refractivity contribution is -0.385. The van der Waals surface area contributed by atoms with Gasteiger partial charge in [-0.25, -0.2) is 0 Å². The molecule has 1 aromatic rings. The van der Waals surface area contributed by atoms with Gasteiger partial charge in [0.1, 0.15) is 18.9 Å². The number of hydrogen-bond acceptors (Lipinski definition) is 5. The minimum Gasteiger partial charge on any atom is -0.338 e. The SMILES string of the molecule is CC1CC(CN)CN1C(=O)Cn1cc([N+](=O)[O-])cn1.Cl. The number of amides is 1. The molecule has 0 saturated carbocycles. The van der Waals surface area contributed by atoms with Gasteiger partial charge in [-0.1, -0.05) is 0 Å². The molecule has 1 saturated heterocycles. The van der Waals surface area contributed by atoms with Crippen molar-refractivity contribution in [2.75, 3.05) is 13.1 Å². The van der Waals surface area contributed by atoms with Gasteiger partial charge in [-0.15, -0.1) is 12.4 Å². The molecule has 9 heteroatoms. The molecule has 112 valence electrons. The topological polar surface area (TPSA) is 107 Å². The summed E-state index contributed by atoms with van der Waals surface area (Å²) in [4.78, 5) is 23.9. The number of nitrogens with zero attached hydrogens (tertiary/aromatic N) is 4. The monoisotopic (exact) mass is 303 g/mol. The summed E-state index contributed by atoms with van der Waals surface area (Å²) in [6.07, 6.45) is 3.31. The molecule has 1 aliphatic heterocycles. The zero-order valence-corrected chi connectivity index (χ0v) is 12.0. The first-order chi connectivity index (χ1) is 9.01. The molecule has 2 rings (SSSR count). The van der Waals surface area contributed by atoms with Crippen molar-refractivity contribution < 1.29 is 9.72 Å². The molecule has 1 aliphatic rings. The predicted molar refractivity (Wildman–Crippen MR) is 74.5 cm³/mol. The number of rotatable bonds is 4. The summed E-state index contributed by atoms with van der Waals surface area (Å²) in [5.41, 5.74) is 5.51. The average molecular weight is 304 g/mol. The van der Waals surface area contributed by atoms with Gasteiger partial charge in [0.25, 0.3) is 0 Å². The van der Waals surface area contributed by atoms with Crippen LogP contribution in [-0.2, 0) is 11.3 Å². The third kappa shape index (κ3) is 3.45. The van der Waals surface area contributed by atoms with Gasteiger partial charge in [-0.3, -0.25) is 19.6 Å². The molecule has 2 heterocycles. The van der Waals surface area contributed by atoms with E-state index < -0.39 is 4.92 Å². The zero-order valence-electron chi connectivity index (χ0n) is 11.1. The predicted octanol–water partition coefficient (Wildman–Crippen LogP) is 0.409. The van der Waals surface area contributed by atoms with Gasteiger partial charge < -0.3 is 10.6 Å². The first-order valence-electron chi connectivity index (χ1n) is 6.17. The molecule has 8 nitrogen and oxygen atoms in total. The smallest absolute Gasteiger partial charge is 0.307 e. The largest absolute Gasteiger partial charge is 0.338 e. The van der Waals surface area contributed by atoms with Gasteiger partial charge in [0, 0.05) is 12.6 Å². The van der Waals surface area contributed by atoms with E-state index in [-0.39, 0.29) is 36.6 Å². The molecule has 0 aromatic carbocycles. The molecule has 0 bridgehead atoms. The first-order valence-corrected chi connectivity index (χ1v) is 6.17.